The molecule has 100 valence electrons. The zero-order valence-electron chi connectivity index (χ0n) is 11.2. The van der Waals surface area contributed by atoms with Crippen molar-refractivity contribution in [1.82, 2.24) is 15.3 Å². The predicted octanol–water partition coefficient (Wildman–Crippen LogP) is 3.48. The van der Waals surface area contributed by atoms with Gasteiger partial charge in [-0.1, -0.05) is 13.0 Å². The standard InChI is InChI=1S/C15H19N3S/c1-11-5-6-12(8-11)17-9-13-10-19-15(18-13)14-4-2-3-7-16-14/h2-4,7,10-12,17H,5-6,8-9H2,1H3. The first-order valence-electron chi connectivity index (χ1n) is 6.90. The summed E-state index contributed by atoms with van der Waals surface area (Å²) < 4.78 is 0. The number of nitrogens with one attached hydrogen (secondary N) is 1. The fourth-order valence-corrected chi connectivity index (χ4v) is 3.43. The topological polar surface area (TPSA) is 37.8 Å². The Labute approximate surface area is 118 Å². The van der Waals surface area contributed by atoms with E-state index in [1.54, 1.807) is 11.3 Å². The van der Waals surface area contributed by atoms with E-state index in [2.05, 4.69) is 27.6 Å². The van der Waals surface area contributed by atoms with Gasteiger partial charge in [0.1, 0.15) is 5.01 Å². The second-order valence-corrected chi connectivity index (χ2v) is 6.21. The molecule has 2 atom stereocenters. The molecule has 4 heteroatoms. The molecule has 1 N–H and O–H groups in total. The highest BCUT2D eigenvalue weighted by Gasteiger charge is 2.20. The minimum atomic E-state index is 0.676. The summed E-state index contributed by atoms with van der Waals surface area (Å²) in [6.45, 7) is 3.21. The van der Waals surface area contributed by atoms with E-state index in [-0.39, 0.29) is 0 Å². The third-order valence-corrected chi connectivity index (χ3v) is 4.62. The van der Waals surface area contributed by atoms with E-state index < -0.39 is 0 Å². The molecule has 3 rings (SSSR count). The van der Waals surface area contributed by atoms with Gasteiger partial charge >= 0.3 is 0 Å². The summed E-state index contributed by atoms with van der Waals surface area (Å²) in [6, 6.07) is 6.62. The van der Waals surface area contributed by atoms with Gasteiger partial charge in [0.05, 0.1) is 11.4 Å². The maximum atomic E-state index is 4.65. The summed E-state index contributed by atoms with van der Waals surface area (Å²) in [6.07, 6.45) is 5.78. The number of hydrogen-bond donors (Lipinski definition) is 1. The van der Waals surface area contributed by atoms with E-state index >= 15 is 0 Å². The van der Waals surface area contributed by atoms with Crippen LogP contribution in [0.2, 0.25) is 0 Å². The Morgan fingerprint density at radius 2 is 2.32 bits per heavy atom. The van der Waals surface area contributed by atoms with Crippen molar-refractivity contribution >= 4 is 11.3 Å². The lowest BCUT2D eigenvalue weighted by Crippen LogP contribution is -2.25. The van der Waals surface area contributed by atoms with E-state index in [1.165, 1.54) is 19.3 Å². The summed E-state index contributed by atoms with van der Waals surface area (Å²) >= 11 is 1.67. The van der Waals surface area contributed by atoms with Crippen LogP contribution >= 0.6 is 11.3 Å². The first-order valence-corrected chi connectivity index (χ1v) is 7.78. The Morgan fingerprint density at radius 3 is 3.05 bits per heavy atom. The quantitative estimate of drug-likeness (QED) is 0.926. The second-order valence-electron chi connectivity index (χ2n) is 5.36. The van der Waals surface area contributed by atoms with Crippen molar-refractivity contribution in [3.63, 3.8) is 0 Å². The van der Waals surface area contributed by atoms with Crippen LogP contribution in [0.15, 0.2) is 29.8 Å². The number of rotatable bonds is 4. The molecule has 0 aliphatic heterocycles. The minimum Gasteiger partial charge on any atom is -0.308 e. The van der Waals surface area contributed by atoms with Crippen LogP contribution in [0.4, 0.5) is 0 Å². The van der Waals surface area contributed by atoms with Crippen LogP contribution in [0, 0.1) is 5.92 Å². The molecule has 1 aliphatic carbocycles. The summed E-state index contributed by atoms with van der Waals surface area (Å²) in [4.78, 5) is 8.99. The number of thiazole rings is 1. The normalized spacial score (nSPS) is 22.8. The lowest BCUT2D eigenvalue weighted by atomic mass is 10.1. The molecule has 1 saturated carbocycles. The monoisotopic (exact) mass is 273 g/mol. The van der Waals surface area contributed by atoms with Crippen LogP contribution in [-0.2, 0) is 6.54 Å². The van der Waals surface area contributed by atoms with E-state index in [0.29, 0.717) is 6.04 Å². The lowest BCUT2D eigenvalue weighted by Gasteiger charge is -2.10. The molecule has 0 saturated heterocycles. The maximum Gasteiger partial charge on any atom is 0.142 e. The lowest BCUT2D eigenvalue weighted by molar-refractivity contribution is 0.499. The van der Waals surface area contributed by atoms with Gasteiger partial charge < -0.3 is 5.32 Å². The van der Waals surface area contributed by atoms with Gasteiger partial charge in [-0.15, -0.1) is 11.3 Å². The Balaban J connectivity index is 1.59. The van der Waals surface area contributed by atoms with Gasteiger partial charge in [0.15, 0.2) is 0 Å². The van der Waals surface area contributed by atoms with Crippen LogP contribution in [-0.4, -0.2) is 16.0 Å². The molecule has 2 aromatic rings. The summed E-state index contributed by atoms with van der Waals surface area (Å²) in [5, 5.41) is 6.76. The van der Waals surface area contributed by atoms with Gasteiger partial charge in [-0.2, -0.15) is 0 Å². The van der Waals surface area contributed by atoms with Crippen LogP contribution in [0.25, 0.3) is 10.7 Å². The zero-order valence-corrected chi connectivity index (χ0v) is 12.0. The van der Waals surface area contributed by atoms with Crippen LogP contribution < -0.4 is 5.32 Å². The molecule has 0 aromatic carbocycles. The average Bonchev–Trinajstić information content (AvgIpc) is 3.06. The van der Waals surface area contributed by atoms with E-state index in [0.717, 1.165) is 28.9 Å². The molecule has 1 fully saturated rings. The van der Waals surface area contributed by atoms with E-state index in [9.17, 15) is 0 Å². The molecule has 0 radical (unpaired) electrons. The molecule has 2 heterocycles. The third kappa shape index (κ3) is 3.19. The van der Waals surface area contributed by atoms with Crippen LogP contribution in [0.5, 0.6) is 0 Å². The van der Waals surface area contributed by atoms with Crippen molar-refractivity contribution in [2.75, 3.05) is 0 Å². The highest BCUT2D eigenvalue weighted by molar-refractivity contribution is 7.13. The van der Waals surface area contributed by atoms with E-state index in [4.69, 9.17) is 0 Å². The van der Waals surface area contributed by atoms with Crippen molar-refractivity contribution in [3.8, 4) is 10.7 Å². The Hall–Kier alpha value is -1.26. The van der Waals surface area contributed by atoms with Crippen molar-refractivity contribution in [3.05, 3.63) is 35.5 Å². The van der Waals surface area contributed by atoms with Gasteiger partial charge in [0.2, 0.25) is 0 Å². The molecule has 3 nitrogen and oxygen atoms in total. The van der Waals surface area contributed by atoms with Gasteiger partial charge in [0, 0.05) is 24.2 Å². The van der Waals surface area contributed by atoms with Gasteiger partial charge in [-0.05, 0) is 37.3 Å². The molecule has 1 aliphatic rings. The van der Waals surface area contributed by atoms with Crippen molar-refractivity contribution in [1.29, 1.82) is 0 Å². The average molecular weight is 273 g/mol. The summed E-state index contributed by atoms with van der Waals surface area (Å²) in [5.41, 5.74) is 2.10. The molecular weight excluding hydrogens is 254 g/mol. The van der Waals surface area contributed by atoms with Crippen molar-refractivity contribution < 1.29 is 0 Å². The van der Waals surface area contributed by atoms with Gasteiger partial charge in [-0.25, -0.2) is 4.98 Å². The Morgan fingerprint density at radius 1 is 1.37 bits per heavy atom. The molecule has 0 amide bonds. The Bertz CT molecular complexity index is 523. The predicted molar refractivity (Wildman–Crippen MR) is 79.0 cm³/mol. The fraction of sp³-hybridized carbons (Fsp3) is 0.467. The molecule has 0 spiro atoms. The number of aromatic nitrogens is 2. The highest BCUT2D eigenvalue weighted by Crippen LogP contribution is 2.25. The first-order chi connectivity index (χ1) is 9.31. The maximum absolute atomic E-state index is 4.65. The SMILES string of the molecule is CC1CCC(NCc2csc(-c3ccccn3)n2)C1. The van der Waals surface area contributed by atoms with Crippen LogP contribution in [0.3, 0.4) is 0 Å². The molecule has 2 aromatic heterocycles. The van der Waals surface area contributed by atoms with Crippen molar-refractivity contribution in [2.24, 2.45) is 5.92 Å². The zero-order chi connectivity index (χ0) is 13.1. The fourth-order valence-electron chi connectivity index (χ4n) is 2.64. The third-order valence-electron chi connectivity index (χ3n) is 3.70. The second kappa shape index (κ2) is 5.80. The summed E-state index contributed by atoms with van der Waals surface area (Å²) in [7, 11) is 0. The summed E-state index contributed by atoms with van der Waals surface area (Å²) in [5.74, 6) is 0.872. The molecular formula is C15H19N3S. The first kappa shape index (κ1) is 12.8. The van der Waals surface area contributed by atoms with Crippen molar-refractivity contribution in [2.45, 2.75) is 38.8 Å². The van der Waals surface area contributed by atoms with Gasteiger partial charge in [0.25, 0.3) is 0 Å². The van der Waals surface area contributed by atoms with Gasteiger partial charge in [-0.3, -0.25) is 4.98 Å². The smallest absolute Gasteiger partial charge is 0.142 e. The molecule has 0 bridgehead atoms. The highest BCUT2D eigenvalue weighted by atomic mass is 32.1. The molecule has 2 unspecified atom stereocenters. The van der Waals surface area contributed by atoms with E-state index in [1.807, 2.05) is 24.4 Å². The number of hydrogen-bond acceptors (Lipinski definition) is 4. The minimum absolute atomic E-state index is 0.676. The largest absolute Gasteiger partial charge is 0.308 e. The van der Waals surface area contributed by atoms with Crippen LogP contribution in [0.1, 0.15) is 31.9 Å². The Kier molecular flexibility index (Phi) is 3.89. The molecule has 19 heavy (non-hydrogen) atoms. The number of nitrogens with zero attached hydrogens (tertiary/aromatic N) is 2. The number of pyridine rings is 1.